The van der Waals surface area contributed by atoms with Crippen molar-refractivity contribution in [1.82, 2.24) is 41.2 Å². The van der Waals surface area contributed by atoms with Gasteiger partial charge in [-0.2, -0.15) is 0 Å². The Hall–Kier alpha value is -5.64. The number of hydrogen-bond donors (Lipinski definition) is 6. The Kier molecular flexibility index (Phi) is 14.5. The number of hydrogen-bond acceptors (Lipinski definition) is 9. The van der Waals surface area contributed by atoms with E-state index >= 15 is 0 Å². The normalized spacial score (nSPS) is 18.3. The Morgan fingerprint density at radius 3 is 2.42 bits per heavy atom. The number of ketones is 1. The molecule has 1 saturated carbocycles. The van der Waals surface area contributed by atoms with Gasteiger partial charge in [0.05, 0.1) is 24.0 Å². The summed E-state index contributed by atoms with van der Waals surface area (Å²) in [6.07, 6.45) is 9.14. The molecule has 1 aliphatic heterocycles. The highest BCUT2D eigenvalue weighted by molar-refractivity contribution is 6.37. The number of likely N-dealkylation sites (tertiary alicyclic amines) is 1. The monoisotopic (exact) mass is 785 g/mol. The molecular weight excluding hydrogens is 731 g/mol. The van der Waals surface area contributed by atoms with Crippen LogP contribution in [0.25, 0.3) is 10.8 Å². The van der Waals surface area contributed by atoms with Crippen LogP contribution in [0.2, 0.25) is 0 Å². The van der Waals surface area contributed by atoms with E-state index < -0.39 is 59.2 Å². The molecule has 5 rings (SSSR count). The summed E-state index contributed by atoms with van der Waals surface area (Å²) in [5.41, 5.74) is 4.81. The molecule has 16 heteroatoms. The molecule has 4 atom stereocenters. The van der Waals surface area contributed by atoms with Crippen molar-refractivity contribution in [1.29, 1.82) is 0 Å². The number of Topliss-reactive ketones (excluding diaryl/α,β-unsaturated/α-hetero) is 1. The van der Waals surface area contributed by atoms with E-state index in [2.05, 4.69) is 38.2 Å². The highest BCUT2D eigenvalue weighted by Crippen LogP contribution is 2.33. The molecule has 2 aromatic carbocycles. The summed E-state index contributed by atoms with van der Waals surface area (Å²) in [5, 5.41) is 32.0. The van der Waals surface area contributed by atoms with Crippen LogP contribution in [0, 0.1) is 5.92 Å². The minimum atomic E-state index is -1.35. The average Bonchev–Trinajstić information content (AvgIpc) is 3.88. The molecule has 3 aromatic rings. The summed E-state index contributed by atoms with van der Waals surface area (Å²) < 4.78 is 1.50. The van der Waals surface area contributed by atoms with E-state index in [0.717, 1.165) is 42.9 Å². The minimum absolute atomic E-state index is 0.00953. The quantitative estimate of drug-likeness (QED) is 0.0632. The first-order valence-electron chi connectivity index (χ1n) is 19.8. The van der Waals surface area contributed by atoms with Gasteiger partial charge in [-0.15, -0.1) is 11.7 Å². The van der Waals surface area contributed by atoms with Crippen molar-refractivity contribution in [3.8, 4) is 0 Å². The number of carbonyl (C=O) groups is 6. The zero-order valence-electron chi connectivity index (χ0n) is 32.7. The number of rotatable bonds is 18. The molecule has 1 aliphatic carbocycles. The second-order valence-electron chi connectivity index (χ2n) is 15.6. The lowest BCUT2D eigenvalue weighted by molar-refractivity contribution is -0.142. The van der Waals surface area contributed by atoms with E-state index in [1.807, 2.05) is 30.3 Å². The molecule has 16 nitrogen and oxygen atoms in total. The predicted octanol–water partition coefficient (Wildman–Crippen LogP) is 2.76. The molecule has 1 unspecified atom stereocenters. The van der Waals surface area contributed by atoms with Gasteiger partial charge in [0.25, 0.3) is 11.8 Å². The first-order valence-corrected chi connectivity index (χ1v) is 19.8. The summed E-state index contributed by atoms with van der Waals surface area (Å²) in [7, 11) is 0. The lowest BCUT2D eigenvalue weighted by atomic mass is 9.84. The summed E-state index contributed by atoms with van der Waals surface area (Å²) in [6, 6.07) is 8.60. The molecule has 57 heavy (non-hydrogen) atoms. The Bertz CT molecular complexity index is 1930. The van der Waals surface area contributed by atoms with Gasteiger partial charge in [0.2, 0.25) is 17.6 Å². The molecule has 0 radical (unpaired) electrons. The van der Waals surface area contributed by atoms with Crippen molar-refractivity contribution in [3.05, 3.63) is 72.6 Å². The van der Waals surface area contributed by atoms with Crippen molar-refractivity contribution in [3.63, 3.8) is 0 Å². The largest absolute Gasteiger partial charge is 0.384 e. The molecule has 2 heterocycles. The third kappa shape index (κ3) is 11.2. The maximum atomic E-state index is 14.9. The molecule has 1 aromatic heterocycles. The SMILES string of the molecule is C=CCNC(=O)NCCCCC(NC(=O)[C@@H]1C[C@H](n2nncc2C(C)(C)O)CN1C(=O)[C@@H](CC1CCCCC1)NC(=O)c1ccc2ccccc2c1)C(=O)C(N)=O. The van der Waals surface area contributed by atoms with E-state index in [0.29, 0.717) is 37.1 Å². The van der Waals surface area contributed by atoms with Crippen LogP contribution in [0.15, 0.2) is 61.3 Å². The van der Waals surface area contributed by atoms with Gasteiger partial charge >= 0.3 is 6.03 Å². The molecule has 0 spiro atoms. The maximum Gasteiger partial charge on any atom is 0.315 e. The zero-order chi connectivity index (χ0) is 41.1. The molecule has 2 fully saturated rings. The van der Waals surface area contributed by atoms with E-state index in [9.17, 15) is 33.9 Å². The number of nitrogens with zero attached hydrogens (tertiary/aromatic N) is 4. The van der Waals surface area contributed by atoms with Gasteiger partial charge in [0.15, 0.2) is 0 Å². The fourth-order valence-electron chi connectivity index (χ4n) is 7.80. The first-order chi connectivity index (χ1) is 27.3. The van der Waals surface area contributed by atoms with Crippen LogP contribution in [0.1, 0.15) is 100 Å². The molecule has 7 N–H and O–H groups in total. The standard InChI is InChI=1S/C41H55N9O7/c1-4-19-43-40(56)44-20-11-10-16-31(35(51)36(42)52)46-38(54)33-23-30(50-34(24-45-48-50)41(2,3)57)25-49(33)39(55)32(21-26-12-6-5-7-13-26)47-37(53)29-18-17-27-14-8-9-15-28(27)22-29/h4,8-9,14-15,17-18,22,24,26,30-33,57H,1,5-7,10-13,16,19-21,23,25H2,2-3H3,(H2,42,52)(H,46,54)(H,47,53)(H2,43,44,56)/t30-,31?,32+,33-/m0/s1. The number of primary amides is 1. The lowest BCUT2D eigenvalue weighted by Gasteiger charge is -2.32. The second kappa shape index (κ2) is 19.5. The number of fused-ring (bicyclic) bond motifs is 1. The number of nitrogens with two attached hydrogens (primary N) is 1. The Balaban J connectivity index is 1.40. The van der Waals surface area contributed by atoms with Crippen molar-refractivity contribution in [2.24, 2.45) is 11.7 Å². The van der Waals surface area contributed by atoms with Gasteiger partial charge in [-0.25, -0.2) is 9.48 Å². The van der Waals surface area contributed by atoms with Crippen LogP contribution in [-0.4, -0.2) is 98.2 Å². The lowest BCUT2D eigenvalue weighted by Crippen LogP contribution is -2.56. The van der Waals surface area contributed by atoms with E-state index in [4.69, 9.17) is 5.73 Å². The van der Waals surface area contributed by atoms with Crippen molar-refractivity contribution < 1.29 is 33.9 Å². The zero-order valence-corrected chi connectivity index (χ0v) is 32.7. The topological polar surface area (TPSA) is 231 Å². The number of aliphatic hydroxyl groups is 1. The van der Waals surface area contributed by atoms with E-state index in [1.165, 1.54) is 15.8 Å². The number of urea groups is 1. The third-order valence-electron chi connectivity index (χ3n) is 10.8. The number of unbranched alkanes of at least 4 members (excludes halogenated alkanes) is 1. The molecule has 1 saturated heterocycles. The van der Waals surface area contributed by atoms with Gasteiger partial charge in [-0.3, -0.25) is 24.0 Å². The third-order valence-corrected chi connectivity index (χ3v) is 10.8. The van der Waals surface area contributed by atoms with Crippen molar-refractivity contribution >= 4 is 46.2 Å². The first kappa shape index (κ1) is 42.5. The summed E-state index contributed by atoms with van der Waals surface area (Å²) in [4.78, 5) is 81.4. The summed E-state index contributed by atoms with van der Waals surface area (Å²) in [5.74, 6) is -3.62. The fraction of sp³-hybridized carbons (Fsp3) is 0.512. The van der Waals surface area contributed by atoms with E-state index in [-0.39, 0.29) is 37.9 Å². The van der Waals surface area contributed by atoms with Crippen LogP contribution in [-0.2, 0) is 24.8 Å². The number of carbonyl (C=O) groups excluding carboxylic acids is 6. The van der Waals surface area contributed by atoms with Crippen molar-refractivity contribution in [2.45, 2.75) is 108 Å². The second-order valence-corrected chi connectivity index (χ2v) is 15.6. The molecule has 306 valence electrons. The predicted molar refractivity (Wildman–Crippen MR) is 212 cm³/mol. The molecular formula is C41H55N9O7. The van der Waals surface area contributed by atoms with Crippen molar-refractivity contribution in [2.75, 3.05) is 19.6 Å². The van der Waals surface area contributed by atoms with Gasteiger partial charge < -0.3 is 37.0 Å². The number of aromatic nitrogens is 3. The Labute approximate surface area is 332 Å². The molecule has 2 aliphatic rings. The number of nitrogens with one attached hydrogen (secondary N) is 4. The van der Waals surface area contributed by atoms with Crippen LogP contribution in [0.3, 0.4) is 0 Å². The molecule has 0 bridgehead atoms. The smallest absolute Gasteiger partial charge is 0.315 e. The Morgan fingerprint density at radius 1 is 0.982 bits per heavy atom. The number of benzene rings is 2. The minimum Gasteiger partial charge on any atom is -0.384 e. The highest BCUT2D eigenvalue weighted by atomic mass is 16.3. The Morgan fingerprint density at radius 2 is 1.72 bits per heavy atom. The highest BCUT2D eigenvalue weighted by Gasteiger charge is 2.45. The van der Waals surface area contributed by atoms with Gasteiger partial charge in [-0.05, 0) is 68.4 Å². The van der Waals surface area contributed by atoms with Crippen LogP contribution in [0.5, 0.6) is 0 Å². The number of amides is 6. The summed E-state index contributed by atoms with van der Waals surface area (Å²) in [6.45, 7) is 7.27. The van der Waals surface area contributed by atoms with Crippen LogP contribution in [0.4, 0.5) is 4.79 Å². The van der Waals surface area contributed by atoms with Gasteiger partial charge in [-0.1, -0.05) is 73.7 Å². The average molecular weight is 786 g/mol. The van der Waals surface area contributed by atoms with Crippen LogP contribution < -0.4 is 27.0 Å². The van der Waals surface area contributed by atoms with E-state index in [1.54, 1.807) is 32.1 Å². The summed E-state index contributed by atoms with van der Waals surface area (Å²) >= 11 is 0. The van der Waals surface area contributed by atoms with Gasteiger partial charge in [0, 0.05) is 31.6 Å². The maximum absolute atomic E-state index is 14.9. The molecule has 6 amide bonds. The van der Waals surface area contributed by atoms with Crippen LogP contribution >= 0.6 is 0 Å². The fourth-order valence-corrected chi connectivity index (χ4v) is 7.80. The van der Waals surface area contributed by atoms with Gasteiger partial charge in [0.1, 0.15) is 17.7 Å².